The highest BCUT2D eigenvalue weighted by Gasteiger charge is 2.14. The average molecular weight is 337 g/mol. The van der Waals surface area contributed by atoms with Crippen molar-refractivity contribution >= 4 is 21.6 Å². The molecule has 0 bridgehead atoms. The van der Waals surface area contributed by atoms with Crippen LogP contribution in [-0.2, 0) is 26.0 Å². The van der Waals surface area contributed by atoms with E-state index < -0.39 is 10.0 Å². The molecule has 1 rings (SSSR count). The van der Waals surface area contributed by atoms with Crippen molar-refractivity contribution in [1.29, 1.82) is 0 Å². The Kier molecular flexibility index (Phi) is 8.16. The van der Waals surface area contributed by atoms with Crippen LogP contribution in [0.2, 0.25) is 5.02 Å². The van der Waals surface area contributed by atoms with Crippen molar-refractivity contribution in [3.05, 3.63) is 28.8 Å². The summed E-state index contributed by atoms with van der Waals surface area (Å²) in [4.78, 5) is 0.143. The molecule has 0 saturated carbocycles. The molecule has 0 unspecified atom stereocenters. The Morgan fingerprint density at radius 3 is 2.62 bits per heavy atom. The van der Waals surface area contributed by atoms with Gasteiger partial charge in [-0.15, -0.1) is 0 Å². The van der Waals surface area contributed by atoms with E-state index in [1.165, 1.54) is 12.1 Å². The molecule has 120 valence electrons. The molecule has 6 nitrogen and oxygen atoms in total. The average Bonchev–Trinajstić information content (AvgIpc) is 2.45. The summed E-state index contributed by atoms with van der Waals surface area (Å²) in [5.74, 6) is 0. The summed E-state index contributed by atoms with van der Waals surface area (Å²) in [6, 6.07) is 4.68. The zero-order valence-corrected chi connectivity index (χ0v) is 13.8. The minimum atomic E-state index is -3.57. The summed E-state index contributed by atoms with van der Waals surface area (Å²) < 4.78 is 36.6. The SMILES string of the molecule is CNCc1ccc(S(=O)(=O)NCCOCCOC)cc1Cl. The molecule has 0 aliphatic rings. The molecule has 0 atom stereocenters. The monoisotopic (exact) mass is 336 g/mol. The summed E-state index contributed by atoms with van der Waals surface area (Å²) >= 11 is 6.06. The number of methoxy groups -OCH3 is 1. The minimum absolute atomic E-state index is 0.143. The molecule has 2 N–H and O–H groups in total. The number of nitrogens with one attached hydrogen (secondary N) is 2. The fraction of sp³-hybridized carbons (Fsp3) is 0.538. The lowest BCUT2D eigenvalue weighted by Crippen LogP contribution is -2.28. The van der Waals surface area contributed by atoms with Crippen LogP contribution in [-0.4, -0.2) is 48.9 Å². The number of rotatable bonds is 10. The van der Waals surface area contributed by atoms with Gasteiger partial charge in [0.25, 0.3) is 0 Å². The number of benzene rings is 1. The predicted octanol–water partition coefficient (Wildman–Crippen LogP) is 1.00. The third-order valence-electron chi connectivity index (χ3n) is 2.67. The Morgan fingerprint density at radius 2 is 2.00 bits per heavy atom. The van der Waals surface area contributed by atoms with Crippen molar-refractivity contribution in [2.75, 3.05) is 40.5 Å². The van der Waals surface area contributed by atoms with Crippen LogP contribution in [0.4, 0.5) is 0 Å². The number of ether oxygens (including phenoxy) is 2. The van der Waals surface area contributed by atoms with Gasteiger partial charge in [0.05, 0.1) is 24.7 Å². The second-order valence-corrected chi connectivity index (χ2v) is 6.46. The lowest BCUT2D eigenvalue weighted by atomic mass is 10.2. The maximum atomic E-state index is 12.1. The molecule has 0 aliphatic heterocycles. The van der Waals surface area contributed by atoms with E-state index in [4.69, 9.17) is 21.1 Å². The summed E-state index contributed by atoms with van der Waals surface area (Å²) in [7, 11) is -0.199. The van der Waals surface area contributed by atoms with E-state index in [0.29, 0.717) is 24.8 Å². The van der Waals surface area contributed by atoms with E-state index in [1.807, 2.05) is 0 Å². The van der Waals surface area contributed by atoms with Crippen LogP contribution in [0.15, 0.2) is 23.1 Å². The molecule has 8 heteroatoms. The van der Waals surface area contributed by atoms with E-state index in [0.717, 1.165) is 5.56 Å². The lowest BCUT2D eigenvalue weighted by molar-refractivity contribution is 0.0736. The first kappa shape index (κ1) is 18.3. The van der Waals surface area contributed by atoms with E-state index in [9.17, 15) is 8.42 Å². The zero-order valence-electron chi connectivity index (χ0n) is 12.2. The van der Waals surface area contributed by atoms with Gasteiger partial charge in [0.15, 0.2) is 0 Å². The minimum Gasteiger partial charge on any atom is -0.382 e. The molecule has 1 aromatic carbocycles. The molecule has 0 saturated heterocycles. The van der Waals surface area contributed by atoms with Gasteiger partial charge in [-0.05, 0) is 24.7 Å². The Balaban J connectivity index is 2.56. The van der Waals surface area contributed by atoms with Crippen LogP contribution in [0.5, 0.6) is 0 Å². The molecule has 0 heterocycles. The number of sulfonamides is 1. The van der Waals surface area contributed by atoms with Crippen LogP contribution in [0.1, 0.15) is 5.56 Å². The molecular formula is C13H21ClN2O4S. The second-order valence-electron chi connectivity index (χ2n) is 4.29. The van der Waals surface area contributed by atoms with Crippen LogP contribution < -0.4 is 10.0 Å². The standard InChI is InChI=1S/C13H21ClN2O4S/c1-15-10-11-3-4-12(9-13(11)14)21(17,18)16-5-6-20-8-7-19-2/h3-4,9,15-16H,5-8,10H2,1-2H3. The predicted molar refractivity (Wildman–Crippen MR) is 82.1 cm³/mol. The Bertz CT molecular complexity index is 537. The highest BCUT2D eigenvalue weighted by molar-refractivity contribution is 7.89. The van der Waals surface area contributed by atoms with Crippen molar-refractivity contribution in [2.24, 2.45) is 0 Å². The first-order valence-electron chi connectivity index (χ1n) is 6.50. The second kappa shape index (κ2) is 9.34. The quantitative estimate of drug-likeness (QED) is 0.623. The van der Waals surface area contributed by atoms with Gasteiger partial charge >= 0.3 is 0 Å². The van der Waals surface area contributed by atoms with E-state index in [2.05, 4.69) is 10.0 Å². The number of hydrogen-bond acceptors (Lipinski definition) is 5. The molecule has 1 aromatic rings. The van der Waals surface area contributed by atoms with Gasteiger partial charge in [-0.25, -0.2) is 13.1 Å². The Labute approximate surface area is 130 Å². The Hall–Kier alpha value is -0.700. The highest BCUT2D eigenvalue weighted by Crippen LogP contribution is 2.20. The molecule has 0 fully saturated rings. The molecular weight excluding hydrogens is 316 g/mol. The summed E-state index contributed by atoms with van der Waals surface area (Å²) in [6.07, 6.45) is 0. The molecule has 21 heavy (non-hydrogen) atoms. The van der Waals surface area contributed by atoms with Crippen molar-refractivity contribution in [1.82, 2.24) is 10.0 Å². The topological polar surface area (TPSA) is 76.7 Å². The van der Waals surface area contributed by atoms with Crippen molar-refractivity contribution in [3.63, 3.8) is 0 Å². The molecule has 0 aliphatic carbocycles. The first-order chi connectivity index (χ1) is 10.0. The largest absolute Gasteiger partial charge is 0.382 e. The maximum absolute atomic E-state index is 12.1. The highest BCUT2D eigenvalue weighted by atomic mass is 35.5. The van der Waals surface area contributed by atoms with Gasteiger partial charge in [-0.2, -0.15) is 0 Å². The summed E-state index contributed by atoms with van der Waals surface area (Å²) in [5.41, 5.74) is 0.848. The third kappa shape index (κ3) is 6.29. The van der Waals surface area contributed by atoms with Crippen molar-refractivity contribution < 1.29 is 17.9 Å². The van der Waals surface area contributed by atoms with Gasteiger partial charge in [0, 0.05) is 25.2 Å². The van der Waals surface area contributed by atoms with Gasteiger partial charge in [0.2, 0.25) is 10.0 Å². The van der Waals surface area contributed by atoms with Gasteiger partial charge < -0.3 is 14.8 Å². The van der Waals surface area contributed by atoms with E-state index >= 15 is 0 Å². The van der Waals surface area contributed by atoms with E-state index in [-0.39, 0.29) is 18.0 Å². The maximum Gasteiger partial charge on any atom is 0.240 e. The fourth-order valence-electron chi connectivity index (χ4n) is 1.60. The molecule has 0 spiro atoms. The molecule has 0 radical (unpaired) electrons. The fourth-order valence-corrected chi connectivity index (χ4v) is 2.96. The first-order valence-corrected chi connectivity index (χ1v) is 8.36. The van der Waals surface area contributed by atoms with Gasteiger partial charge in [0.1, 0.15) is 0 Å². The van der Waals surface area contributed by atoms with Crippen molar-refractivity contribution in [2.45, 2.75) is 11.4 Å². The lowest BCUT2D eigenvalue weighted by Gasteiger charge is -2.09. The number of halogens is 1. The zero-order chi connectivity index (χ0) is 15.7. The van der Waals surface area contributed by atoms with E-state index in [1.54, 1.807) is 20.2 Å². The molecule has 0 amide bonds. The smallest absolute Gasteiger partial charge is 0.240 e. The van der Waals surface area contributed by atoms with Crippen molar-refractivity contribution in [3.8, 4) is 0 Å². The van der Waals surface area contributed by atoms with Gasteiger partial charge in [-0.1, -0.05) is 17.7 Å². The van der Waals surface area contributed by atoms with Crippen LogP contribution in [0.3, 0.4) is 0 Å². The normalized spacial score (nSPS) is 11.8. The Morgan fingerprint density at radius 1 is 1.24 bits per heavy atom. The number of hydrogen-bond donors (Lipinski definition) is 2. The molecule has 0 aromatic heterocycles. The van der Waals surface area contributed by atoms with Gasteiger partial charge in [-0.3, -0.25) is 0 Å². The van der Waals surface area contributed by atoms with Crippen LogP contribution >= 0.6 is 11.6 Å². The summed E-state index contributed by atoms with van der Waals surface area (Å²) in [6.45, 7) is 1.98. The van der Waals surface area contributed by atoms with Crippen LogP contribution in [0, 0.1) is 0 Å². The van der Waals surface area contributed by atoms with Crippen LogP contribution in [0.25, 0.3) is 0 Å². The third-order valence-corrected chi connectivity index (χ3v) is 4.48. The summed E-state index contributed by atoms with van der Waals surface area (Å²) in [5, 5.41) is 3.39.